The highest BCUT2D eigenvalue weighted by Crippen LogP contribution is 2.14. The number of hydrogen-bond acceptors (Lipinski definition) is 3. The number of rotatable bonds is 5. The molecule has 0 atom stereocenters. The first kappa shape index (κ1) is 13.5. The molecule has 0 aliphatic rings. The zero-order chi connectivity index (χ0) is 12.8. The van der Waals surface area contributed by atoms with Crippen LogP contribution in [0.15, 0.2) is 18.3 Å². The summed E-state index contributed by atoms with van der Waals surface area (Å²) in [7, 11) is 1.82. The summed E-state index contributed by atoms with van der Waals surface area (Å²) in [4.78, 5) is 18.2. The van der Waals surface area contributed by atoms with Gasteiger partial charge in [-0.05, 0) is 25.0 Å². The molecule has 4 heteroatoms. The van der Waals surface area contributed by atoms with Crippen LogP contribution in [0.4, 0.5) is 5.82 Å². The Balaban J connectivity index is 2.87. The Labute approximate surface area is 103 Å². The first-order valence-corrected chi connectivity index (χ1v) is 6.00. The molecule has 1 N–H and O–H groups in total. The van der Waals surface area contributed by atoms with Crippen molar-refractivity contribution in [3.63, 3.8) is 0 Å². The number of hydrogen-bond donors (Lipinski definition) is 1. The Morgan fingerprint density at radius 1 is 1.53 bits per heavy atom. The van der Waals surface area contributed by atoms with E-state index in [1.807, 2.05) is 20.0 Å². The van der Waals surface area contributed by atoms with Gasteiger partial charge in [-0.15, -0.1) is 0 Å². The summed E-state index contributed by atoms with van der Waals surface area (Å²) < 4.78 is 0. The lowest BCUT2D eigenvalue weighted by Crippen LogP contribution is -2.31. The third kappa shape index (κ3) is 3.73. The molecule has 1 rings (SSSR count). The van der Waals surface area contributed by atoms with Crippen LogP contribution in [0.2, 0.25) is 0 Å². The van der Waals surface area contributed by atoms with E-state index in [-0.39, 0.29) is 5.91 Å². The molecule has 0 unspecified atom stereocenters. The zero-order valence-electron chi connectivity index (χ0n) is 11.0. The Bertz CT molecular complexity index is 377. The molecule has 1 heterocycles. The number of nitrogens with one attached hydrogen (secondary N) is 1. The van der Waals surface area contributed by atoms with Gasteiger partial charge in [0.1, 0.15) is 5.82 Å². The summed E-state index contributed by atoms with van der Waals surface area (Å²) in [5.74, 6) is 1.14. The van der Waals surface area contributed by atoms with Gasteiger partial charge in [-0.3, -0.25) is 4.79 Å². The topological polar surface area (TPSA) is 45.2 Å². The summed E-state index contributed by atoms with van der Waals surface area (Å²) in [6.07, 6.45) is 1.69. The van der Waals surface area contributed by atoms with Crippen molar-refractivity contribution in [3.05, 3.63) is 23.9 Å². The summed E-state index contributed by atoms with van der Waals surface area (Å²) in [5.41, 5.74) is 0.637. The number of carbonyl (C=O) groups is 1. The molecule has 4 nitrogen and oxygen atoms in total. The second-order valence-electron chi connectivity index (χ2n) is 4.51. The summed E-state index contributed by atoms with van der Waals surface area (Å²) in [6.45, 7) is 7.68. The van der Waals surface area contributed by atoms with Gasteiger partial charge >= 0.3 is 0 Å². The van der Waals surface area contributed by atoms with Crippen LogP contribution < -0.4 is 5.32 Å². The smallest absolute Gasteiger partial charge is 0.257 e. The highest BCUT2D eigenvalue weighted by molar-refractivity contribution is 5.98. The van der Waals surface area contributed by atoms with E-state index in [1.54, 1.807) is 17.2 Å². The van der Waals surface area contributed by atoms with Gasteiger partial charge in [-0.2, -0.15) is 0 Å². The van der Waals surface area contributed by atoms with Gasteiger partial charge in [0.2, 0.25) is 0 Å². The van der Waals surface area contributed by atoms with Crippen LogP contribution in [0.3, 0.4) is 0 Å². The molecule has 0 bridgehead atoms. The Morgan fingerprint density at radius 2 is 2.24 bits per heavy atom. The third-order valence-corrected chi connectivity index (χ3v) is 2.37. The molecule has 94 valence electrons. The molecule has 0 aliphatic heterocycles. The number of aromatic nitrogens is 1. The zero-order valence-corrected chi connectivity index (χ0v) is 11.0. The van der Waals surface area contributed by atoms with E-state index in [9.17, 15) is 4.79 Å². The summed E-state index contributed by atoms with van der Waals surface area (Å²) >= 11 is 0. The minimum atomic E-state index is 0.0164. The van der Waals surface area contributed by atoms with Gasteiger partial charge in [-0.25, -0.2) is 4.98 Å². The molecule has 1 aromatic heterocycles. The fourth-order valence-electron chi connectivity index (χ4n) is 1.72. The number of amides is 1. The maximum absolute atomic E-state index is 12.2. The van der Waals surface area contributed by atoms with E-state index in [0.29, 0.717) is 17.3 Å². The molecule has 0 aromatic carbocycles. The lowest BCUT2D eigenvalue weighted by molar-refractivity contribution is 0.0780. The Morgan fingerprint density at radius 3 is 2.82 bits per heavy atom. The molecule has 0 radical (unpaired) electrons. The lowest BCUT2D eigenvalue weighted by Gasteiger charge is -2.20. The molecule has 0 spiro atoms. The van der Waals surface area contributed by atoms with Crippen LogP contribution in [0.25, 0.3) is 0 Å². The number of pyridine rings is 1. The van der Waals surface area contributed by atoms with Crippen molar-refractivity contribution in [1.82, 2.24) is 9.88 Å². The molecule has 0 saturated heterocycles. The van der Waals surface area contributed by atoms with E-state index in [2.05, 4.69) is 24.1 Å². The SMILES string of the molecule is CCNc1ncccc1C(=O)N(C)CC(C)C. The van der Waals surface area contributed by atoms with Crippen molar-refractivity contribution < 1.29 is 4.79 Å². The van der Waals surface area contributed by atoms with Crippen molar-refractivity contribution >= 4 is 11.7 Å². The van der Waals surface area contributed by atoms with Gasteiger partial charge in [0.25, 0.3) is 5.91 Å². The predicted molar refractivity (Wildman–Crippen MR) is 70.2 cm³/mol. The molecule has 0 aliphatic carbocycles. The average molecular weight is 235 g/mol. The van der Waals surface area contributed by atoms with Crippen LogP contribution in [0.5, 0.6) is 0 Å². The highest BCUT2D eigenvalue weighted by atomic mass is 16.2. The van der Waals surface area contributed by atoms with Crippen molar-refractivity contribution in [2.45, 2.75) is 20.8 Å². The van der Waals surface area contributed by atoms with E-state index in [1.165, 1.54) is 0 Å². The predicted octanol–water partition coefficient (Wildman–Crippen LogP) is 2.24. The number of carbonyl (C=O) groups excluding carboxylic acids is 1. The molecule has 1 aromatic rings. The van der Waals surface area contributed by atoms with Gasteiger partial charge in [0.15, 0.2) is 0 Å². The van der Waals surface area contributed by atoms with Gasteiger partial charge in [0.05, 0.1) is 5.56 Å². The number of anilines is 1. The molecule has 1 amide bonds. The number of nitrogens with zero attached hydrogens (tertiary/aromatic N) is 2. The Kier molecular flexibility index (Phi) is 4.94. The molecular formula is C13H21N3O. The molecule has 17 heavy (non-hydrogen) atoms. The lowest BCUT2D eigenvalue weighted by atomic mass is 10.2. The first-order chi connectivity index (χ1) is 8.06. The monoisotopic (exact) mass is 235 g/mol. The second kappa shape index (κ2) is 6.23. The first-order valence-electron chi connectivity index (χ1n) is 6.00. The summed E-state index contributed by atoms with van der Waals surface area (Å²) in [5, 5.41) is 3.11. The molecule has 0 saturated carbocycles. The van der Waals surface area contributed by atoms with Crippen LogP contribution >= 0.6 is 0 Å². The quantitative estimate of drug-likeness (QED) is 0.851. The summed E-state index contributed by atoms with van der Waals surface area (Å²) in [6, 6.07) is 3.60. The fourth-order valence-corrected chi connectivity index (χ4v) is 1.72. The second-order valence-corrected chi connectivity index (χ2v) is 4.51. The van der Waals surface area contributed by atoms with Crippen LogP contribution in [-0.4, -0.2) is 35.9 Å². The van der Waals surface area contributed by atoms with E-state index >= 15 is 0 Å². The van der Waals surface area contributed by atoms with Gasteiger partial charge in [0, 0.05) is 26.3 Å². The molecule has 0 fully saturated rings. The fraction of sp³-hybridized carbons (Fsp3) is 0.538. The maximum atomic E-state index is 12.2. The largest absolute Gasteiger partial charge is 0.370 e. The van der Waals surface area contributed by atoms with Crippen molar-refractivity contribution in [1.29, 1.82) is 0 Å². The van der Waals surface area contributed by atoms with Gasteiger partial charge in [-0.1, -0.05) is 13.8 Å². The van der Waals surface area contributed by atoms with E-state index in [4.69, 9.17) is 0 Å². The maximum Gasteiger partial charge on any atom is 0.257 e. The van der Waals surface area contributed by atoms with Crippen molar-refractivity contribution in [2.24, 2.45) is 5.92 Å². The minimum absolute atomic E-state index is 0.0164. The Hall–Kier alpha value is -1.58. The molecular weight excluding hydrogens is 214 g/mol. The third-order valence-electron chi connectivity index (χ3n) is 2.37. The minimum Gasteiger partial charge on any atom is -0.370 e. The van der Waals surface area contributed by atoms with Gasteiger partial charge < -0.3 is 10.2 Å². The van der Waals surface area contributed by atoms with Crippen LogP contribution in [0.1, 0.15) is 31.1 Å². The average Bonchev–Trinajstić information content (AvgIpc) is 2.28. The van der Waals surface area contributed by atoms with Crippen LogP contribution in [-0.2, 0) is 0 Å². The van der Waals surface area contributed by atoms with Crippen LogP contribution in [0, 0.1) is 5.92 Å². The van der Waals surface area contributed by atoms with Crippen molar-refractivity contribution in [2.75, 3.05) is 25.5 Å². The van der Waals surface area contributed by atoms with Crippen molar-refractivity contribution in [3.8, 4) is 0 Å². The normalized spacial score (nSPS) is 10.4. The van der Waals surface area contributed by atoms with E-state index < -0.39 is 0 Å². The standard InChI is InChI=1S/C13H21N3O/c1-5-14-12-11(7-6-8-15-12)13(17)16(4)9-10(2)3/h6-8,10H,5,9H2,1-4H3,(H,14,15). The highest BCUT2D eigenvalue weighted by Gasteiger charge is 2.16. The van der Waals surface area contributed by atoms with E-state index in [0.717, 1.165) is 13.1 Å².